The van der Waals surface area contributed by atoms with Crippen LogP contribution >= 0.6 is 15.9 Å². The number of rotatable bonds is 3. The Morgan fingerprint density at radius 1 is 1.32 bits per heavy atom. The first-order valence-corrected chi connectivity index (χ1v) is 7.24. The molecule has 1 aromatic carbocycles. The van der Waals surface area contributed by atoms with Gasteiger partial charge in [-0.15, -0.1) is 0 Å². The Morgan fingerprint density at radius 3 is 2.50 bits per heavy atom. The molecule has 7 heteroatoms. The van der Waals surface area contributed by atoms with Gasteiger partial charge in [0.15, 0.2) is 0 Å². The van der Waals surface area contributed by atoms with Crippen LogP contribution in [0, 0.1) is 5.82 Å². The van der Waals surface area contributed by atoms with Crippen molar-refractivity contribution in [1.82, 2.24) is 0 Å². The molecule has 1 amide bonds. The quantitative estimate of drug-likeness (QED) is 0.598. The fourth-order valence-corrected chi connectivity index (χ4v) is 1.94. The van der Waals surface area contributed by atoms with E-state index in [1.807, 2.05) is 0 Å². The van der Waals surface area contributed by atoms with E-state index in [1.54, 1.807) is 20.8 Å². The summed E-state index contributed by atoms with van der Waals surface area (Å²) in [6.45, 7) is 5.02. The monoisotopic (exact) mass is 373 g/mol. The van der Waals surface area contributed by atoms with E-state index in [1.165, 1.54) is 18.2 Å². The Bertz CT molecular complexity index is 608. The van der Waals surface area contributed by atoms with Gasteiger partial charge in [0.25, 0.3) is 0 Å². The lowest BCUT2D eigenvalue weighted by Gasteiger charge is -2.17. The van der Waals surface area contributed by atoms with Crippen LogP contribution in [-0.4, -0.2) is 30.5 Å². The number of nitrogens with zero attached hydrogens (tertiary/aromatic N) is 1. The normalized spacial score (nSPS) is 12.0. The number of methoxy groups -OCH3 is 1. The smallest absolute Gasteiger partial charge is 0.434 e. The molecule has 22 heavy (non-hydrogen) atoms. The molecule has 0 spiro atoms. The van der Waals surface area contributed by atoms with Gasteiger partial charge in [0.2, 0.25) is 0 Å². The highest BCUT2D eigenvalue weighted by molar-refractivity contribution is 9.10. The molecular formula is C15H17BrFNO4. The zero-order chi connectivity index (χ0) is 16.9. The van der Waals surface area contributed by atoms with Crippen molar-refractivity contribution in [2.45, 2.75) is 32.8 Å². The minimum atomic E-state index is -0.927. The number of aliphatic imine (C=N–C) groups is 1. The van der Waals surface area contributed by atoms with Crippen LogP contribution in [0.2, 0.25) is 0 Å². The minimum Gasteiger partial charge on any atom is -0.465 e. The number of hydrogen-bond acceptors (Lipinski definition) is 4. The number of ether oxygens (including phenoxy) is 2. The average Bonchev–Trinajstić information content (AvgIpc) is 2.39. The van der Waals surface area contributed by atoms with Gasteiger partial charge in [-0.25, -0.2) is 14.0 Å². The Morgan fingerprint density at radius 2 is 1.95 bits per heavy atom. The van der Waals surface area contributed by atoms with Crippen molar-refractivity contribution in [2.24, 2.45) is 4.99 Å². The van der Waals surface area contributed by atoms with Gasteiger partial charge in [-0.1, -0.05) is 15.9 Å². The highest BCUT2D eigenvalue weighted by atomic mass is 79.9. The van der Waals surface area contributed by atoms with E-state index < -0.39 is 23.5 Å². The maximum Gasteiger partial charge on any atom is 0.434 e. The zero-order valence-corrected chi connectivity index (χ0v) is 14.4. The second kappa shape index (κ2) is 7.49. The number of esters is 1. The number of benzene rings is 1. The molecule has 0 heterocycles. The maximum atomic E-state index is 13.8. The summed E-state index contributed by atoms with van der Waals surface area (Å²) in [6.07, 6.45) is -1.11. The summed E-state index contributed by atoms with van der Waals surface area (Å²) in [4.78, 5) is 27.0. The van der Waals surface area contributed by atoms with Crippen LogP contribution in [0.15, 0.2) is 27.7 Å². The number of carbonyl (C=O) groups is 2. The second-order valence-electron chi connectivity index (χ2n) is 5.44. The Hall–Kier alpha value is -1.76. The summed E-state index contributed by atoms with van der Waals surface area (Å²) in [5.41, 5.74) is -0.765. The lowest BCUT2D eigenvalue weighted by Crippen LogP contribution is -2.25. The van der Waals surface area contributed by atoms with E-state index in [0.29, 0.717) is 4.47 Å². The molecule has 0 aliphatic heterocycles. The predicted molar refractivity (Wildman–Crippen MR) is 83.5 cm³/mol. The van der Waals surface area contributed by atoms with Gasteiger partial charge in [0.1, 0.15) is 17.1 Å². The maximum absolute atomic E-state index is 13.8. The SMILES string of the molecule is COC(=O)C(Cc1cc(Br)ccc1F)=NC(=O)OC(C)(C)C. The molecule has 0 bridgehead atoms. The molecule has 0 fully saturated rings. The summed E-state index contributed by atoms with van der Waals surface area (Å²) < 4.78 is 24.0. The lowest BCUT2D eigenvalue weighted by molar-refractivity contribution is -0.132. The Kier molecular flexibility index (Phi) is 6.22. The average molecular weight is 374 g/mol. The fraction of sp³-hybridized carbons (Fsp3) is 0.400. The number of carbonyl (C=O) groups excluding carboxylic acids is 2. The molecule has 0 aliphatic rings. The van der Waals surface area contributed by atoms with Crippen LogP contribution < -0.4 is 0 Å². The van der Waals surface area contributed by atoms with Gasteiger partial charge in [0.05, 0.1) is 7.11 Å². The third-order valence-corrected chi connectivity index (χ3v) is 2.90. The molecule has 0 atom stereocenters. The molecule has 5 nitrogen and oxygen atoms in total. The van der Waals surface area contributed by atoms with E-state index in [4.69, 9.17) is 4.74 Å². The highest BCUT2D eigenvalue weighted by Gasteiger charge is 2.21. The molecule has 0 aliphatic carbocycles. The standard InChI is InChI=1S/C15H17BrFNO4/c1-15(2,3)22-14(20)18-12(13(19)21-4)8-9-7-10(16)5-6-11(9)17/h5-7H,8H2,1-4H3. The summed E-state index contributed by atoms with van der Waals surface area (Å²) in [5.74, 6) is -1.32. The molecular weight excluding hydrogens is 357 g/mol. The van der Waals surface area contributed by atoms with E-state index in [0.717, 1.165) is 7.11 Å². The number of amides is 1. The topological polar surface area (TPSA) is 65.0 Å². The van der Waals surface area contributed by atoms with Crippen LogP contribution in [0.3, 0.4) is 0 Å². The molecule has 0 aromatic heterocycles. The van der Waals surface area contributed by atoms with Gasteiger partial charge in [-0.05, 0) is 44.5 Å². The van der Waals surface area contributed by atoms with E-state index >= 15 is 0 Å². The van der Waals surface area contributed by atoms with Crippen molar-refractivity contribution in [3.8, 4) is 0 Å². The van der Waals surface area contributed by atoms with Crippen molar-refractivity contribution < 1.29 is 23.5 Å². The molecule has 0 unspecified atom stereocenters. The van der Waals surface area contributed by atoms with Crippen molar-refractivity contribution in [2.75, 3.05) is 7.11 Å². The molecule has 0 saturated carbocycles. The third-order valence-electron chi connectivity index (χ3n) is 2.41. The highest BCUT2D eigenvalue weighted by Crippen LogP contribution is 2.17. The minimum absolute atomic E-state index is 0.183. The van der Waals surface area contributed by atoms with E-state index in [-0.39, 0.29) is 17.7 Å². The molecule has 0 radical (unpaired) electrons. The first kappa shape index (κ1) is 18.3. The predicted octanol–water partition coefficient (Wildman–Crippen LogP) is 3.68. The van der Waals surface area contributed by atoms with Crippen LogP contribution in [-0.2, 0) is 20.7 Å². The van der Waals surface area contributed by atoms with Crippen molar-refractivity contribution in [3.05, 3.63) is 34.1 Å². The molecule has 0 saturated heterocycles. The van der Waals surface area contributed by atoms with Crippen LogP contribution in [0.5, 0.6) is 0 Å². The second-order valence-corrected chi connectivity index (χ2v) is 6.36. The third kappa shape index (κ3) is 5.93. The van der Waals surface area contributed by atoms with Crippen molar-refractivity contribution in [1.29, 1.82) is 0 Å². The largest absolute Gasteiger partial charge is 0.465 e. The summed E-state index contributed by atoms with van der Waals surface area (Å²) in [7, 11) is 1.16. The molecule has 120 valence electrons. The van der Waals surface area contributed by atoms with E-state index in [9.17, 15) is 14.0 Å². The van der Waals surface area contributed by atoms with Gasteiger partial charge in [0, 0.05) is 10.9 Å². The van der Waals surface area contributed by atoms with Gasteiger partial charge in [-0.2, -0.15) is 4.99 Å². The molecule has 1 rings (SSSR count). The fourth-order valence-electron chi connectivity index (χ4n) is 1.53. The van der Waals surface area contributed by atoms with Gasteiger partial charge < -0.3 is 9.47 Å². The Labute approximate surface area is 136 Å². The first-order valence-electron chi connectivity index (χ1n) is 6.45. The van der Waals surface area contributed by atoms with Crippen LogP contribution in [0.1, 0.15) is 26.3 Å². The van der Waals surface area contributed by atoms with Gasteiger partial charge >= 0.3 is 12.1 Å². The zero-order valence-electron chi connectivity index (χ0n) is 12.8. The molecule has 0 N–H and O–H groups in total. The van der Waals surface area contributed by atoms with Gasteiger partial charge in [-0.3, -0.25) is 0 Å². The van der Waals surface area contributed by atoms with Crippen molar-refractivity contribution >= 4 is 33.7 Å². The number of hydrogen-bond donors (Lipinski definition) is 0. The summed E-state index contributed by atoms with van der Waals surface area (Å²) in [5, 5.41) is 0. The van der Waals surface area contributed by atoms with Crippen molar-refractivity contribution in [3.63, 3.8) is 0 Å². The summed E-state index contributed by atoms with van der Waals surface area (Å²) in [6, 6.07) is 4.28. The Balaban J connectivity index is 3.06. The first-order chi connectivity index (χ1) is 10.1. The lowest BCUT2D eigenvalue weighted by atomic mass is 10.1. The number of halogens is 2. The summed E-state index contributed by atoms with van der Waals surface area (Å²) >= 11 is 3.22. The molecule has 1 aromatic rings. The van der Waals surface area contributed by atoms with E-state index in [2.05, 4.69) is 25.7 Å². The van der Waals surface area contributed by atoms with Crippen LogP contribution in [0.25, 0.3) is 0 Å². The van der Waals surface area contributed by atoms with Crippen LogP contribution in [0.4, 0.5) is 9.18 Å².